The Morgan fingerprint density at radius 1 is 1.00 bits per heavy atom. The van der Waals surface area contributed by atoms with E-state index in [2.05, 4.69) is 27.0 Å². The quantitative estimate of drug-likeness (QED) is 0.139. The first kappa shape index (κ1) is 39.4. The molecule has 3 aliphatic rings. The van der Waals surface area contributed by atoms with Crippen molar-refractivity contribution in [3.05, 3.63) is 95.9 Å². The summed E-state index contributed by atoms with van der Waals surface area (Å²) < 4.78 is 46.0. The zero-order chi connectivity index (χ0) is 39.5. The maximum absolute atomic E-state index is 16.5. The second-order valence-corrected chi connectivity index (χ2v) is 15.2. The van der Waals surface area contributed by atoms with Crippen LogP contribution in [-0.4, -0.2) is 102 Å². The van der Waals surface area contributed by atoms with Crippen molar-refractivity contribution in [1.82, 2.24) is 23.9 Å². The lowest BCUT2D eigenvalue weighted by atomic mass is 10.1. The minimum absolute atomic E-state index is 0.00340. The number of aromatic nitrogens is 3. The van der Waals surface area contributed by atoms with E-state index >= 15 is 8.78 Å². The minimum atomic E-state index is -0.852. The summed E-state index contributed by atoms with van der Waals surface area (Å²) in [6.45, 7) is 11.6. The molecule has 56 heavy (non-hydrogen) atoms. The second kappa shape index (κ2) is 17.1. The van der Waals surface area contributed by atoms with E-state index in [1.165, 1.54) is 28.0 Å². The van der Waals surface area contributed by atoms with Crippen molar-refractivity contribution in [2.24, 2.45) is 0 Å². The summed E-state index contributed by atoms with van der Waals surface area (Å²) in [7, 11) is 0. The van der Waals surface area contributed by atoms with Crippen LogP contribution in [0.3, 0.4) is 0 Å². The average Bonchev–Trinajstić information content (AvgIpc) is 4.02. The van der Waals surface area contributed by atoms with Gasteiger partial charge in [0, 0.05) is 75.8 Å². The van der Waals surface area contributed by atoms with E-state index in [1.807, 2.05) is 32.0 Å². The lowest BCUT2D eigenvalue weighted by molar-refractivity contribution is 0.0195. The number of hydrogen-bond acceptors (Lipinski definition) is 10. The number of aromatic amines is 1. The highest BCUT2D eigenvalue weighted by Crippen LogP contribution is 2.40. The average molecular weight is 776 g/mol. The molecule has 300 valence electrons. The Morgan fingerprint density at radius 2 is 1.77 bits per heavy atom. The number of unbranched alkanes of at least 4 members (excludes halogenated alkanes) is 1. The van der Waals surface area contributed by atoms with Gasteiger partial charge in [-0.3, -0.25) is 28.9 Å². The van der Waals surface area contributed by atoms with Gasteiger partial charge < -0.3 is 24.3 Å². The molecule has 4 heterocycles. The van der Waals surface area contributed by atoms with E-state index in [9.17, 15) is 19.2 Å². The predicted octanol–water partition coefficient (Wildman–Crippen LogP) is 4.56. The number of aryl methyl sites for hydroxylation is 2. The Bertz CT molecular complexity index is 2230. The molecule has 1 atom stereocenters. The van der Waals surface area contributed by atoms with E-state index in [4.69, 9.17) is 9.47 Å². The predicted molar refractivity (Wildman–Crippen MR) is 212 cm³/mol. The molecule has 0 spiro atoms. The van der Waals surface area contributed by atoms with Crippen LogP contribution in [0.4, 0.5) is 26.0 Å². The van der Waals surface area contributed by atoms with Gasteiger partial charge in [-0.1, -0.05) is 13.0 Å². The van der Waals surface area contributed by atoms with Gasteiger partial charge in [-0.2, -0.15) is 0 Å². The van der Waals surface area contributed by atoms with Crippen LogP contribution in [0.5, 0.6) is 0 Å². The Labute approximate surface area is 323 Å². The Morgan fingerprint density at radius 3 is 2.48 bits per heavy atom. The summed E-state index contributed by atoms with van der Waals surface area (Å²) in [5, 5.41) is 2.96. The Balaban J connectivity index is 0.970. The summed E-state index contributed by atoms with van der Waals surface area (Å²) in [6, 6.07) is 8.22. The number of morpholine rings is 1. The minimum Gasteiger partial charge on any atom is -0.461 e. The van der Waals surface area contributed by atoms with Crippen molar-refractivity contribution in [3.63, 3.8) is 0 Å². The van der Waals surface area contributed by atoms with E-state index in [0.29, 0.717) is 64.6 Å². The molecule has 2 aliphatic heterocycles. The van der Waals surface area contributed by atoms with Gasteiger partial charge in [-0.15, -0.1) is 0 Å². The second-order valence-electron chi connectivity index (χ2n) is 15.2. The molecule has 2 aromatic heterocycles. The van der Waals surface area contributed by atoms with Crippen molar-refractivity contribution in [2.75, 3.05) is 75.9 Å². The van der Waals surface area contributed by atoms with Crippen LogP contribution in [0, 0.1) is 18.6 Å². The van der Waals surface area contributed by atoms with E-state index in [1.54, 1.807) is 9.47 Å². The molecule has 1 saturated carbocycles. The highest BCUT2D eigenvalue weighted by molar-refractivity contribution is 5.95. The number of rotatable bonds is 14. The smallest absolute Gasteiger partial charge is 0.343 e. The molecule has 0 unspecified atom stereocenters. The molecule has 3 fully saturated rings. The Hall–Kier alpha value is -4.86. The number of H-pyrrole nitrogens is 1. The molecule has 0 amide bonds. The molecule has 4 aromatic rings. The number of anilines is 3. The fourth-order valence-corrected chi connectivity index (χ4v) is 7.88. The van der Waals surface area contributed by atoms with Gasteiger partial charge in [0.15, 0.2) is 5.82 Å². The molecule has 7 rings (SSSR count). The molecule has 2 aromatic carbocycles. The van der Waals surface area contributed by atoms with Gasteiger partial charge in [0.1, 0.15) is 29.5 Å². The fourth-order valence-electron chi connectivity index (χ4n) is 7.88. The van der Waals surface area contributed by atoms with Gasteiger partial charge in [0.2, 0.25) is 5.43 Å². The highest BCUT2D eigenvalue weighted by Gasteiger charge is 2.33. The SMILES string of the molecule is CCc1cc(Nc2cc(=O)n(CCCCN3CCN(c4c(F)cc5c(=O)c(C(=O)OCCN6CCOCC6)cn(C6CC6)c5c4F)C[C@@H]3C)c(=O)[nH]2)ccc1C. The van der Waals surface area contributed by atoms with E-state index in [-0.39, 0.29) is 52.9 Å². The van der Waals surface area contributed by atoms with Crippen molar-refractivity contribution in [1.29, 1.82) is 0 Å². The number of esters is 1. The summed E-state index contributed by atoms with van der Waals surface area (Å²) in [4.78, 5) is 61.1. The normalized spacial score (nSPS) is 18.1. The summed E-state index contributed by atoms with van der Waals surface area (Å²) in [5.74, 6) is -2.13. The number of hydrogen-bond donors (Lipinski definition) is 2. The number of nitrogens with zero attached hydrogens (tertiary/aromatic N) is 5. The molecule has 0 bridgehead atoms. The van der Waals surface area contributed by atoms with Crippen molar-refractivity contribution >= 4 is 34.1 Å². The molecule has 15 heteroatoms. The van der Waals surface area contributed by atoms with Crippen LogP contribution in [0.1, 0.15) is 67.1 Å². The van der Waals surface area contributed by atoms with Gasteiger partial charge in [-0.25, -0.2) is 18.4 Å². The molecular weight excluding hydrogens is 724 g/mol. The highest BCUT2D eigenvalue weighted by atomic mass is 19.1. The number of ether oxygens (including phenoxy) is 2. The van der Waals surface area contributed by atoms with Gasteiger partial charge in [0.25, 0.3) is 5.56 Å². The number of piperazine rings is 1. The van der Waals surface area contributed by atoms with Gasteiger partial charge in [-0.05, 0) is 81.8 Å². The summed E-state index contributed by atoms with van der Waals surface area (Å²) in [5.41, 5.74) is 1.14. The first-order chi connectivity index (χ1) is 27.0. The molecule has 2 saturated heterocycles. The number of fused-ring (bicyclic) bond motifs is 1. The number of carbonyl (C=O) groups excluding carboxylic acids is 1. The molecule has 2 N–H and O–H groups in total. The van der Waals surface area contributed by atoms with Crippen LogP contribution in [0.25, 0.3) is 10.9 Å². The number of nitrogens with one attached hydrogen (secondary N) is 2. The maximum atomic E-state index is 16.5. The van der Waals surface area contributed by atoms with E-state index in [0.717, 1.165) is 44.1 Å². The van der Waals surface area contributed by atoms with Crippen LogP contribution >= 0.6 is 0 Å². The van der Waals surface area contributed by atoms with Crippen LogP contribution < -0.4 is 26.9 Å². The van der Waals surface area contributed by atoms with Crippen molar-refractivity contribution < 1.29 is 23.0 Å². The number of benzene rings is 2. The zero-order valence-electron chi connectivity index (χ0n) is 32.4. The number of halogens is 2. The number of pyridine rings is 1. The standard InChI is InChI=1S/C41H51F2N7O6/c1-4-28-21-29(8-7-26(28)2)44-34-23-35(51)49(41(54)45-34)12-6-5-11-47-13-14-48(24-27(47)3)38-33(42)22-31-37(36(38)43)50(30-9-10-30)25-32(39(31)52)40(53)56-20-17-46-15-18-55-19-16-46/h7-8,21-23,25,27,30,44H,4-6,9-20,24H2,1-3H3,(H,45,54)/t27-/m0/s1. The van der Waals surface area contributed by atoms with Crippen LogP contribution in [0.2, 0.25) is 0 Å². The van der Waals surface area contributed by atoms with Crippen molar-refractivity contribution in [3.8, 4) is 0 Å². The topological polar surface area (TPSA) is 134 Å². The molecule has 0 radical (unpaired) electrons. The van der Waals surface area contributed by atoms with E-state index < -0.39 is 28.7 Å². The Kier molecular flexibility index (Phi) is 12.0. The molecule has 1 aliphatic carbocycles. The first-order valence-electron chi connectivity index (χ1n) is 19.8. The first-order valence-corrected chi connectivity index (χ1v) is 19.8. The van der Waals surface area contributed by atoms with Crippen LogP contribution in [0.15, 0.2) is 50.9 Å². The molecule has 13 nitrogen and oxygen atoms in total. The fraction of sp³-hybridized carbons (Fsp3) is 0.512. The largest absolute Gasteiger partial charge is 0.461 e. The van der Waals surface area contributed by atoms with Crippen LogP contribution in [-0.2, 0) is 22.4 Å². The molecular formula is C41H51F2N7O6. The van der Waals surface area contributed by atoms with Gasteiger partial charge in [0.05, 0.1) is 24.1 Å². The summed E-state index contributed by atoms with van der Waals surface area (Å²) >= 11 is 0. The lowest BCUT2D eigenvalue weighted by Gasteiger charge is -2.41. The zero-order valence-corrected chi connectivity index (χ0v) is 32.4. The third kappa shape index (κ3) is 8.59. The van der Waals surface area contributed by atoms with Crippen molar-refractivity contribution in [2.45, 2.75) is 71.5 Å². The maximum Gasteiger partial charge on any atom is 0.343 e. The third-order valence-electron chi connectivity index (χ3n) is 11.3. The van der Waals surface area contributed by atoms with Gasteiger partial charge >= 0.3 is 11.7 Å². The lowest BCUT2D eigenvalue weighted by Crippen LogP contribution is -2.52. The monoisotopic (exact) mass is 775 g/mol. The third-order valence-corrected chi connectivity index (χ3v) is 11.3. The number of carbonyl (C=O) groups is 1. The summed E-state index contributed by atoms with van der Waals surface area (Å²) in [6.07, 6.45) is 5.07.